The molecule has 2 aliphatic heterocycles. The summed E-state index contributed by atoms with van der Waals surface area (Å²) in [7, 11) is 0. The van der Waals surface area contributed by atoms with Gasteiger partial charge in [0.05, 0.1) is 32.0 Å². The van der Waals surface area contributed by atoms with Gasteiger partial charge in [0.2, 0.25) is 5.91 Å². The van der Waals surface area contributed by atoms with Crippen molar-refractivity contribution in [2.75, 3.05) is 19.8 Å². The first-order valence-electron chi connectivity index (χ1n) is 18.7. The molecule has 14 nitrogen and oxygen atoms in total. The third-order valence-corrected chi connectivity index (χ3v) is 9.04. The van der Waals surface area contributed by atoms with Gasteiger partial charge in [-0.05, 0) is 38.5 Å². The molecule has 2 rings (SSSR count). The minimum absolute atomic E-state index is 0.266. The van der Waals surface area contributed by atoms with Crippen molar-refractivity contribution in [2.24, 2.45) is 0 Å². The Balaban J connectivity index is 2.01. The second-order valence-electron chi connectivity index (χ2n) is 13.3. The van der Waals surface area contributed by atoms with Crippen LogP contribution in [0.25, 0.3) is 0 Å². The normalized spacial score (nSPS) is 31.5. The molecule has 2 aliphatic rings. The fourth-order valence-electron chi connectivity index (χ4n) is 5.85. The highest BCUT2D eigenvalue weighted by molar-refractivity contribution is 5.76. The summed E-state index contributed by atoms with van der Waals surface area (Å²) in [5, 5.41) is 85.7. The van der Waals surface area contributed by atoms with E-state index < -0.39 is 86.8 Å². The van der Waals surface area contributed by atoms with Crippen molar-refractivity contribution in [3.05, 3.63) is 36.5 Å². The number of carbonyl (C=O) groups is 1. The van der Waals surface area contributed by atoms with Crippen molar-refractivity contribution < 1.29 is 64.6 Å². The Morgan fingerprint density at radius 1 is 0.686 bits per heavy atom. The van der Waals surface area contributed by atoms with Gasteiger partial charge in [0.25, 0.3) is 0 Å². The molecule has 0 radical (unpaired) electrons. The van der Waals surface area contributed by atoms with Crippen LogP contribution in [-0.2, 0) is 23.7 Å². The maximum atomic E-state index is 12.9. The molecule has 9 N–H and O–H groups in total. The van der Waals surface area contributed by atoms with Crippen LogP contribution in [0.2, 0.25) is 0 Å². The number of allylic oxidation sites excluding steroid dienone is 5. The lowest BCUT2D eigenvalue weighted by atomic mass is 9.97. The molecule has 0 aromatic carbocycles. The van der Waals surface area contributed by atoms with Gasteiger partial charge in [-0.15, -0.1) is 0 Å². The van der Waals surface area contributed by atoms with E-state index in [0.29, 0.717) is 12.8 Å². The molecule has 0 saturated carbocycles. The van der Waals surface area contributed by atoms with Gasteiger partial charge >= 0.3 is 0 Å². The predicted octanol–water partition coefficient (Wildman–Crippen LogP) is 1.25. The molecule has 51 heavy (non-hydrogen) atoms. The molecule has 0 spiro atoms. The summed E-state index contributed by atoms with van der Waals surface area (Å²) in [6.07, 6.45) is 6.86. The fraction of sp³-hybridized carbons (Fsp3) is 0.811. The third kappa shape index (κ3) is 16.0. The predicted molar refractivity (Wildman–Crippen MR) is 189 cm³/mol. The number of nitrogens with one attached hydrogen (secondary N) is 1. The molecule has 2 saturated heterocycles. The van der Waals surface area contributed by atoms with Gasteiger partial charge in [-0.3, -0.25) is 4.79 Å². The lowest BCUT2D eigenvalue weighted by Gasteiger charge is -2.46. The number of carbonyl (C=O) groups excluding carboxylic acids is 1. The zero-order valence-corrected chi connectivity index (χ0v) is 30.3. The van der Waals surface area contributed by atoms with Crippen molar-refractivity contribution >= 4 is 5.91 Å². The van der Waals surface area contributed by atoms with Crippen LogP contribution in [0.15, 0.2) is 36.5 Å². The molecule has 12 unspecified atom stereocenters. The minimum atomic E-state index is -1.79. The number of amides is 1. The van der Waals surface area contributed by atoms with Gasteiger partial charge in [0.15, 0.2) is 12.6 Å². The van der Waals surface area contributed by atoms with Crippen LogP contribution >= 0.6 is 0 Å². The Morgan fingerprint density at radius 2 is 1.25 bits per heavy atom. The lowest BCUT2D eigenvalue weighted by molar-refractivity contribution is -0.359. The first-order chi connectivity index (χ1) is 24.6. The Kier molecular flexibility index (Phi) is 23.2. The summed E-state index contributed by atoms with van der Waals surface area (Å²) in [6.45, 7) is 2.54. The summed E-state index contributed by atoms with van der Waals surface area (Å²) in [6, 6.07) is -0.928. The quantitative estimate of drug-likeness (QED) is 0.0477. The van der Waals surface area contributed by atoms with E-state index in [-0.39, 0.29) is 18.9 Å². The first-order valence-corrected chi connectivity index (χ1v) is 18.7. The molecule has 0 aromatic rings. The molecule has 0 aliphatic carbocycles. The van der Waals surface area contributed by atoms with Gasteiger partial charge in [-0.1, -0.05) is 88.8 Å². The zero-order chi connectivity index (χ0) is 37.6. The average Bonchev–Trinajstić information content (AvgIpc) is 3.12. The topological polar surface area (TPSA) is 228 Å². The Morgan fingerprint density at radius 3 is 1.88 bits per heavy atom. The highest BCUT2D eigenvalue weighted by Gasteiger charge is 2.50. The minimum Gasteiger partial charge on any atom is -0.394 e. The summed E-state index contributed by atoms with van der Waals surface area (Å²) in [5.74, 6) is -0.270. The average molecular weight is 732 g/mol. The van der Waals surface area contributed by atoms with E-state index in [9.17, 15) is 45.6 Å². The van der Waals surface area contributed by atoms with Crippen LogP contribution in [0.5, 0.6) is 0 Å². The van der Waals surface area contributed by atoms with Crippen molar-refractivity contribution in [3.8, 4) is 0 Å². The number of hydrogen-bond donors (Lipinski definition) is 9. The molecule has 0 bridgehead atoms. The summed E-state index contributed by atoms with van der Waals surface area (Å²) < 4.78 is 22.4. The second kappa shape index (κ2) is 26.1. The van der Waals surface area contributed by atoms with Crippen LogP contribution in [0.1, 0.15) is 97.3 Å². The third-order valence-electron chi connectivity index (χ3n) is 9.04. The lowest BCUT2D eigenvalue weighted by Crippen LogP contribution is -2.65. The van der Waals surface area contributed by atoms with Crippen LogP contribution in [0, 0.1) is 0 Å². The Bertz CT molecular complexity index is 1010. The molecule has 1 amide bonds. The molecular weight excluding hydrogens is 666 g/mol. The van der Waals surface area contributed by atoms with E-state index in [4.69, 9.17) is 18.9 Å². The maximum absolute atomic E-state index is 12.9. The number of unbranched alkanes of at least 4 members (excludes halogenated alkanes) is 8. The van der Waals surface area contributed by atoms with Gasteiger partial charge in [0, 0.05) is 6.42 Å². The van der Waals surface area contributed by atoms with E-state index in [1.807, 2.05) is 6.08 Å². The molecular formula is C37H65NO13. The number of ether oxygens (including phenoxy) is 4. The smallest absolute Gasteiger partial charge is 0.220 e. The van der Waals surface area contributed by atoms with E-state index in [0.717, 1.165) is 64.2 Å². The van der Waals surface area contributed by atoms with Gasteiger partial charge < -0.3 is 65.1 Å². The summed E-state index contributed by atoms with van der Waals surface area (Å²) in [5.41, 5.74) is 0. The number of aliphatic hydroxyl groups excluding tert-OH is 8. The highest BCUT2D eigenvalue weighted by atomic mass is 16.7. The summed E-state index contributed by atoms with van der Waals surface area (Å²) in [4.78, 5) is 12.9. The van der Waals surface area contributed by atoms with E-state index in [1.165, 1.54) is 0 Å². The van der Waals surface area contributed by atoms with Gasteiger partial charge in [-0.25, -0.2) is 0 Å². The molecule has 2 fully saturated rings. The van der Waals surface area contributed by atoms with E-state index >= 15 is 0 Å². The van der Waals surface area contributed by atoms with Crippen LogP contribution in [-0.4, -0.2) is 140 Å². The monoisotopic (exact) mass is 731 g/mol. The maximum Gasteiger partial charge on any atom is 0.220 e. The molecule has 14 heteroatoms. The largest absolute Gasteiger partial charge is 0.394 e. The van der Waals surface area contributed by atoms with Gasteiger partial charge in [-0.2, -0.15) is 0 Å². The second-order valence-corrected chi connectivity index (χ2v) is 13.3. The van der Waals surface area contributed by atoms with Crippen molar-refractivity contribution in [1.29, 1.82) is 0 Å². The Labute approximate surface area is 302 Å². The molecule has 0 aromatic heterocycles. The fourth-order valence-corrected chi connectivity index (χ4v) is 5.85. The SMILES string of the molecule is CCC/C=C/CC/C=C/CC/C=C/C(O)C(COC1OC(CO)C(OC2OC(CO)C(O)C(O)C2O)C(O)C1O)NC(=O)CCCCCCCC. The molecule has 12 atom stereocenters. The van der Waals surface area contributed by atoms with E-state index in [2.05, 4.69) is 43.5 Å². The first kappa shape index (κ1) is 45.4. The molecule has 2 heterocycles. The van der Waals surface area contributed by atoms with Gasteiger partial charge in [0.1, 0.15) is 48.8 Å². The zero-order valence-electron chi connectivity index (χ0n) is 30.3. The number of hydrogen-bond acceptors (Lipinski definition) is 13. The number of rotatable bonds is 25. The van der Waals surface area contributed by atoms with Crippen LogP contribution in [0.3, 0.4) is 0 Å². The van der Waals surface area contributed by atoms with Crippen molar-refractivity contribution in [2.45, 2.75) is 171 Å². The van der Waals surface area contributed by atoms with E-state index in [1.54, 1.807) is 6.08 Å². The standard InChI is InChI=1S/C37H65NO13/c1-3-5-7-9-11-12-13-14-15-16-18-20-26(41)25(38-29(42)21-19-17-10-8-6-4-2)24-48-36-34(47)32(45)35(28(23-40)50-36)51-37-33(46)31(44)30(43)27(22-39)49-37/h7,9,13-14,18,20,25-28,30-37,39-41,43-47H,3-6,8,10-12,15-17,19,21-24H2,1-2H3,(H,38,42)/b9-7+,14-13+,20-18+. The number of aliphatic hydroxyl groups is 8. The summed E-state index contributed by atoms with van der Waals surface area (Å²) >= 11 is 0. The van der Waals surface area contributed by atoms with Crippen LogP contribution in [0.4, 0.5) is 0 Å². The molecule has 296 valence electrons. The van der Waals surface area contributed by atoms with Crippen LogP contribution < -0.4 is 5.32 Å². The Hall–Kier alpha value is -1.79. The van der Waals surface area contributed by atoms with Crippen molar-refractivity contribution in [1.82, 2.24) is 5.32 Å². The van der Waals surface area contributed by atoms with Crippen molar-refractivity contribution in [3.63, 3.8) is 0 Å². The highest BCUT2D eigenvalue weighted by Crippen LogP contribution is 2.29.